The second-order valence-electron chi connectivity index (χ2n) is 6.03. The highest BCUT2D eigenvalue weighted by atomic mass is 16.4. The third-order valence-electron chi connectivity index (χ3n) is 4.59. The Kier molecular flexibility index (Phi) is 4.12. The second kappa shape index (κ2) is 6.03. The summed E-state index contributed by atoms with van der Waals surface area (Å²) in [5, 5.41) is 0. The van der Waals surface area contributed by atoms with E-state index in [0.717, 1.165) is 38.0 Å². The quantitative estimate of drug-likeness (QED) is 0.929. The van der Waals surface area contributed by atoms with Gasteiger partial charge < -0.3 is 15.1 Å². The Balaban J connectivity index is 1.63. The summed E-state index contributed by atoms with van der Waals surface area (Å²) >= 11 is 0. The molecule has 0 radical (unpaired) electrons. The van der Waals surface area contributed by atoms with E-state index in [1.54, 1.807) is 4.57 Å². The van der Waals surface area contributed by atoms with E-state index in [1.165, 1.54) is 0 Å². The van der Waals surface area contributed by atoms with Crippen LogP contribution < -0.4 is 11.5 Å². The van der Waals surface area contributed by atoms with E-state index in [4.69, 9.17) is 10.2 Å². The third kappa shape index (κ3) is 3.04. The monoisotopic (exact) mass is 289 g/mol. The van der Waals surface area contributed by atoms with Crippen LogP contribution in [0.25, 0.3) is 11.1 Å². The molecular weight excluding hydrogens is 266 g/mol. The van der Waals surface area contributed by atoms with E-state index in [1.807, 2.05) is 24.3 Å². The van der Waals surface area contributed by atoms with Crippen molar-refractivity contribution in [2.75, 3.05) is 19.6 Å². The molecule has 1 fully saturated rings. The van der Waals surface area contributed by atoms with Gasteiger partial charge in [-0.25, -0.2) is 4.79 Å². The lowest BCUT2D eigenvalue weighted by Crippen LogP contribution is -2.41. The normalized spacial score (nSPS) is 19.1. The van der Waals surface area contributed by atoms with Gasteiger partial charge in [-0.1, -0.05) is 12.1 Å². The maximum Gasteiger partial charge on any atom is 0.419 e. The van der Waals surface area contributed by atoms with Crippen LogP contribution in [0.2, 0.25) is 0 Å². The van der Waals surface area contributed by atoms with Crippen LogP contribution in [0.1, 0.15) is 19.8 Å². The van der Waals surface area contributed by atoms with Crippen molar-refractivity contribution in [3.8, 4) is 0 Å². The van der Waals surface area contributed by atoms with Gasteiger partial charge in [0.1, 0.15) is 0 Å². The molecule has 114 valence electrons. The van der Waals surface area contributed by atoms with Gasteiger partial charge in [0.25, 0.3) is 0 Å². The van der Waals surface area contributed by atoms with Crippen LogP contribution in [0.15, 0.2) is 33.5 Å². The molecule has 0 aliphatic carbocycles. The maximum absolute atomic E-state index is 11.9. The Hall–Kier alpha value is -1.59. The number of benzene rings is 1. The molecular formula is C16H23N3O2. The molecule has 21 heavy (non-hydrogen) atoms. The molecule has 5 heteroatoms. The molecule has 0 saturated carbocycles. The summed E-state index contributed by atoms with van der Waals surface area (Å²) in [6.45, 7) is 5.79. The molecule has 2 N–H and O–H groups in total. The van der Waals surface area contributed by atoms with Crippen LogP contribution in [-0.2, 0) is 6.54 Å². The van der Waals surface area contributed by atoms with Gasteiger partial charge in [0.15, 0.2) is 5.58 Å². The van der Waals surface area contributed by atoms with E-state index in [0.29, 0.717) is 18.0 Å². The van der Waals surface area contributed by atoms with E-state index >= 15 is 0 Å². The molecule has 2 heterocycles. The smallest absolute Gasteiger partial charge is 0.408 e. The number of fused-ring (bicyclic) bond motifs is 1. The minimum atomic E-state index is -0.262. The number of hydrogen-bond acceptors (Lipinski definition) is 4. The summed E-state index contributed by atoms with van der Waals surface area (Å²) in [5.41, 5.74) is 7.52. The van der Waals surface area contributed by atoms with Gasteiger partial charge in [-0.3, -0.25) is 4.57 Å². The van der Waals surface area contributed by atoms with Gasteiger partial charge in [-0.15, -0.1) is 0 Å². The Morgan fingerprint density at radius 2 is 2.00 bits per heavy atom. The topological polar surface area (TPSA) is 64.4 Å². The molecule has 1 aliphatic heterocycles. The van der Waals surface area contributed by atoms with E-state index in [9.17, 15) is 4.79 Å². The number of piperidine rings is 1. The highest BCUT2D eigenvalue weighted by Crippen LogP contribution is 2.19. The first-order valence-electron chi connectivity index (χ1n) is 7.71. The average Bonchev–Trinajstić information content (AvgIpc) is 2.81. The molecule has 3 rings (SSSR count). The fraction of sp³-hybridized carbons (Fsp3) is 0.562. The lowest BCUT2D eigenvalue weighted by molar-refractivity contribution is 0.167. The second-order valence-corrected chi connectivity index (χ2v) is 6.03. The lowest BCUT2D eigenvalue weighted by atomic mass is 9.91. The zero-order valence-corrected chi connectivity index (χ0v) is 12.5. The number of hydrogen-bond donors (Lipinski definition) is 1. The van der Waals surface area contributed by atoms with Crippen molar-refractivity contribution in [2.24, 2.45) is 11.7 Å². The summed E-state index contributed by atoms with van der Waals surface area (Å²) in [5.74, 6) is 0.375. The summed E-state index contributed by atoms with van der Waals surface area (Å²) in [4.78, 5) is 14.3. The molecule has 0 spiro atoms. The van der Waals surface area contributed by atoms with Gasteiger partial charge in [-0.05, 0) is 50.9 Å². The third-order valence-corrected chi connectivity index (χ3v) is 4.59. The number of rotatable bonds is 4. The van der Waals surface area contributed by atoms with Crippen molar-refractivity contribution in [3.63, 3.8) is 0 Å². The first-order valence-corrected chi connectivity index (χ1v) is 7.71. The molecule has 1 aliphatic rings. The van der Waals surface area contributed by atoms with Crippen molar-refractivity contribution in [2.45, 2.75) is 32.4 Å². The van der Waals surface area contributed by atoms with E-state index < -0.39 is 0 Å². The van der Waals surface area contributed by atoms with Crippen molar-refractivity contribution in [3.05, 3.63) is 34.8 Å². The Morgan fingerprint density at radius 1 is 1.29 bits per heavy atom. The van der Waals surface area contributed by atoms with E-state index in [-0.39, 0.29) is 11.8 Å². The van der Waals surface area contributed by atoms with E-state index in [2.05, 4.69) is 11.8 Å². The van der Waals surface area contributed by atoms with Crippen molar-refractivity contribution >= 4 is 11.1 Å². The molecule has 0 amide bonds. The van der Waals surface area contributed by atoms with Crippen molar-refractivity contribution in [1.82, 2.24) is 9.47 Å². The maximum atomic E-state index is 11.9. The van der Waals surface area contributed by atoms with Crippen LogP contribution in [0.5, 0.6) is 0 Å². The molecule has 1 aromatic carbocycles. The molecule has 1 aromatic heterocycles. The summed E-state index contributed by atoms with van der Waals surface area (Å²) in [6.07, 6.45) is 2.30. The Labute approximate surface area is 124 Å². The summed E-state index contributed by atoms with van der Waals surface area (Å²) < 4.78 is 6.99. The molecule has 1 saturated heterocycles. The van der Waals surface area contributed by atoms with Crippen molar-refractivity contribution < 1.29 is 4.42 Å². The highest BCUT2D eigenvalue weighted by molar-refractivity contribution is 5.72. The minimum absolute atomic E-state index is 0.262. The van der Waals surface area contributed by atoms with Gasteiger partial charge in [-0.2, -0.15) is 0 Å². The average molecular weight is 289 g/mol. The number of aromatic nitrogens is 1. The number of para-hydroxylation sites is 2. The van der Waals surface area contributed by atoms with Crippen LogP contribution in [0.4, 0.5) is 0 Å². The predicted molar refractivity (Wildman–Crippen MR) is 83.3 cm³/mol. The van der Waals surface area contributed by atoms with Gasteiger partial charge in [0.05, 0.1) is 5.52 Å². The van der Waals surface area contributed by atoms with Gasteiger partial charge >= 0.3 is 5.76 Å². The molecule has 0 bridgehead atoms. The molecule has 5 nitrogen and oxygen atoms in total. The first kappa shape index (κ1) is 14.4. The Morgan fingerprint density at radius 3 is 2.71 bits per heavy atom. The molecule has 1 unspecified atom stereocenters. The number of likely N-dealkylation sites (tertiary alicyclic amines) is 1. The molecule has 2 aromatic rings. The van der Waals surface area contributed by atoms with Crippen LogP contribution in [-0.4, -0.2) is 35.1 Å². The minimum Gasteiger partial charge on any atom is -0.408 e. The molecule has 1 atom stereocenters. The van der Waals surface area contributed by atoms with Gasteiger partial charge in [0, 0.05) is 19.1 Å². The van der Waals surface area contributed by atoms with Crippen LogP contribution >= 0.6 is 0 Å². The van der Waals surface area contributed by atoms with Crippen LogP contribution in [0, 0.1) is 5.92 Å². The summed E-state index contributed by atoms with van der Waals surface area (Å²) in [7, 11) is 0. The number of nitrogens with two attached hydrogens (primary N) is 1. The lowest BCUT2D eigenvalue weighted by Gasteiger charge is -2.33. The zero-order chi connectivity index (χ0) is 14.8. The highest BCUT2D eigenvalue weighted by Gasteiger charge is 2.21. The fourth-order valence-corrected chi connectivity index (χ4v) is 3.17. The first-order chi connectivity index (χ1) is 10.1. The predicted octanol–water partition coefficient (Wildman–Crippen LogP) is 1.65. The standard InChI is InChI=1S/C16H23N3O2/c1-12(17)13-6-8-18(9-7-13)10-11-19-14-4-2-3-5-15(14)21-16(19)20/h2-5,12-13H,6-11,17H2,1H3. The van der Waals surface area contributed by atoms with Crippen LogP contribution in [0.3, 0.4) is 0 Å². The van der Waals surface area contributed by atoms with Gasteiger partial charge in [0.2, 0.25) is 0 Å². The largest absolute Gasteiger partial charge is 0.419 e. The summed E-state index contributed by atoms with van der Waals surface area (Å²) in [6, 6.07) is 7.87. The fourth-order valence-electron chi connectivity index (χ4n) is 3.17. The number of nitrogens with zero attached hydrogens (tertiary/aromatic N) is 2. The number of oxazole rings is 1. The Bertz CT molecular complexity index is 651. The zero-order valence-electron chi connectivity index (χ0n) is 12.5. The SMILES string of the molecule is CC(N)C1CCN(CCn2c(=O)oc3ccccc32)CC1. The van der Waals surface area contributed by atoms with Crippen molar-refractivity contribution in [1.29, 1.82) is 0 Å².